The van der Waals surface area contributed by atoms with E-state index >= 15 is 0 Å². The first kappa shape index (κ1) is 11.7. The van der Waals surface area contributed by atoms with E-state index in [0.717, 1.165) is 6.07 Å². The number of methoxy groups -OCH3 is 1. The summed E-state index contributed by atoms with van der Waals surface area (Å²) in [5.74, 6) is -0.166. The van der Waals surface area contributed by atoms with E-state index in [2.05, 4.69) is 4.98 Å². The maximum absolute atomic E-state index is 12.6. The third-order valence-electron chi connectivity index (χ3n) is 1.80. The molecule has 0 aliphatic carbocycles. The number of ether oxygens (including phenoxy) is 1. The van der Waals surface area contributed by atoms with Gasteiger partial charge in [-0.15, -0.1) is 11.6 Å². The van der Waals surface area contributed by atoms with Crippen molar-refractivity contribution in [2.24, 2.45) is 0 Å². The fourth-order valence-corrected chi connectivity index (χ4v) is 1.39. The molecule has 0 unspecified atom stereocenters. The molecule has 1 rings (SSSR count). The standard InChI is InChI=1S/C9H7ClF2N2O/c1-15-9-7(3-10)6(8(11)12)2-5(4-13)14-9/h2,8H,3H2,1H3. The molecule has 1 heterocycles. The number of aromatic nitrogens is 1. The normalized spacial score (nSPS) is 10.1. The molecule has 6 heteroatoms. The smallest absolute Gasteiger partial charge is 0.264 e. The molecule has 0 aliphatic rings. The van der Waals surface area contributed by atoms with Crippen molar-refractivity contribution < 1.29 is 13.5 Å². The zero-order valence-electron chi connectivity index (χ0n) is 7.80. The van der Waals surface area contributed by atoms with Crippen molar-refractivity contribution in [3.63, 3.8) is 0 Å². The minimum absolute atomic E-state index is 0.0284. The number of nitriles is 1. The first-order chi connectivity index (χ1) is 7.13. The maximum Gasteiger partial charge on any atom is 0.264 e. The molecule has 1 aromatic rings. The summed E-state index contributed by atoms with van der Waals surface area (Å²) in [6.45, 7) is 0. The van der Waals surface area contributed by atoms with Crippen molar-refractivity contribution in [3.05, 3.63) is 22.9 Å². The third kappa shape index (κ3) is 2.34. The quantitative estimate of drug-likeness (QED) is 0.753. The summed E-state index contributed by atoms with van der Waals surface area (Å²) in [7, 11) is 1.29. The Morgan fingerprint density at radius 3 is 2.73 bits per heavy atom. The maximum atomic E-state index is 12.6. The van der Waals surface area contributed by atoms with Crippen LogP contribution in [0.1, 0.15) is 23.2 Å². The van der Waals surface area contributed by atoms with Gasteiger partial charge in [0.15, 0.2) is 0 Å². The van der Waals surface area contributed by atoms with Gasteiger partial charge in [-0.3, -0.25) is 0 Å². The molecule has 0 atom stereocenters. The number of hydrogen-bond donors (Lipinski definition) is 0. The highest BCUT2D eigenvalue weighted by molar-refractivity contribution is 6.17. The summed E-state index contributed by atoms with van der Waals surface area (Å²) in [5.41, 5.74) is -0.308. The second-order valence-electron chi connectivity index (χ2n) is 2.63. The van der Waals surface area contributed by atoms with E-state index in [0.29, 0.717) is 0 Å². The minimum Gasteiger partial charge on any atom is -0.481 e. The van der Waals surface area contributed by atoms with Crippen molar-refractivity contribution in [1.29, 1.82) is 5.26 Å². The minimum atomic E-state index is -2.71. The lowest BCUT2D eigenvalue weighted by Gasteiger charge is -2.10. The topological polar surface area (TPSA) is 45.9 Å². The molecule has 0 aromatic carbocycles. The van der Waals surface area contributed by atoms with Crippen LogP contribution >= 0.6 is 11.6 Å². The van der Waals surface area contributed by atoms with Gasteiger partial charge in [-0.1, -0.05) is 0 Å². The molecule has 0 aliphatic heterocycles. The summed E-state index contributed by atoms with van der Waals surface area (Å²) in [4.78, 5) is 3.72. The molecule has 0 amide bonds. The van der Waals surface area contributed by atoms with E-state index in [-0.39, 0.29) is 28.6 Å². The van der Waals surface area contributed by atoms with Crippen LogP contribution in [0.4, 0.5) is 8.78 Å². The molecule has 80 valence electrons. The van der Waals surface area contributed by atoms with Crippen LogP contribution in [0.25, 0.3) is 0 Å². The van der Waals surface area contributed by atoms with Crippen LogP contribution in [0.5, 0.6) is 5.88 Å². The molecule has 3 nitrogen and oxygen atoms in total. The Bertz CT molecular complexity index is 404. The van der Waals surface area contributed by atoms with Crippen LogP contribution in [0.3, 0.4) is 0 Å². The first-order valence-corrected chi connectivity index (χ1v) is 4.49. The van der Waals surface area contributed by atoms with Crippen LogP contribution in [0.2, 0.25) is 0 Å². The van der Waals surface area contributed by atoms with E-state index in [4.69, 9.17) is 21.6 Å². The van der Waals surface area contributed by atoms with E-state index in [9.17, 15) is 8.78 Å². The van der Waals surface area contributed by atoms with E-state index in [1.807, 2.05) is 0 Å². The monoisotopic (exact) mass is 232 g/mol. The first-order valence-electron chi connectivity index (χ1n) is 3.96. The Balaban J connectivity index is 3.40. The molecule has 0 saturated heterocycles. The van der Waals surface area contributed by atoms with Crippen molar-refractivity contribution in [2.75, 3.05) is 7.11 Å². The van der Waals surface area contributed by atoms with Gasteiger partial charge in [0, 0.05) is 11.1 Å². The van der Waals surface area contributed by atoms with Gasteiger partial charge in [-0.2, -0.15) is 5.26 Å². The molecule has 0 N–H and O–H groups in total. The van der Waals surface area contributed by atoms with Crippen molar-refractivity contribution in [3.8, 4) is 11.9 Å². The SMILES string of the molecule is COc1nc(C#N)cc(C(F)F)c1CCl. The lowest BCUT2D eigenvalue weighted by molar-refractivity contribution is 0.149. The Morgan fingerprint density at radius 1 is 1.67 bits per heavy atom. The lowest BCUT2D eigenvalue weighted by Crippen LogP contribution is -2.01. The lowest BCUT2D eigenvalue weighted by atomic mass is 10.1. The van der Waals surface area contributed by atoms with E-state index in [1.54, 1.807) is 6.07 Å². The average molecular weight is 233 g/mol. The van der Waals surface area contributed by atoms with Gasteiger partial charge in [0.1, 0.15) is 11.8 Å². The summed E-state index contributed by atoms with van der Waals surface area (Å²) < 4.78 is 30.0. The van der Waals surface area contributed by atoms with Gasteiger partial charge in [0.05, 0.1) is 13.0 Å². The second-order valence-corrected chi connectivity index (χ2v) is 2.90. The molecular formula is C9H7ClF2N2O. The predicted octanol–water partition coefficient (Wildman–Crippen LogP) is 2.64. The zero-order chi connectivity index (χ0) is 11.4. The van der Waals surface area contributed by atoms with Crippen molar-refractivity contribution in [2.45, 2.75) is 12.3 Å². The second kappa shape index (κ2) is 4.89. The number of rotatable bonds is 3. The Labute approximate surface area is 90.3 Å². The highest BCUT2D eigenvalue weighted by Gasteiger charge is 2.19. The molecule has 0 spiro atoms. The molecular weight excluding hydrogens is 226 g/mol. The molecule has 0 fully saturated rings. The molecule has 0 saturated carbocycles. The number of alkyl halides is 3. The third-order valence-corrected chi connectivity index (χ3v) is 2.06. The highest BCUT2D eigenvalue weighted by atomic mass is 35.5. The molecule has 15 heavy (non-hydrogen) atoms. The van der Waals surface area contributed by atoms with Crippen LogP contribution in [0.15, 0.2) is 6.07 Å². The predicted molar refractivity (Wildman–Crippen MR) is 50.0 cm³/mol. The largest absolute Gasteiger partial charge is 0.481 e. The summed E-state index contributed by atoms with van der Waals surface area (Å²) in [5, 5.41) is 8.58. The number of hydrogen-bond acceptors (Lipinski definition) is 3. The van der Waals surface area contributed by atoms with Crippen LogP contribution < -0.4 is 4.74 Å². The number of halogens is 3. The van der Waals surface area contributed by atoms with Crippen LogP contribution in [0, 0.1) is 11.3 Å². The molecule has 0 bridgehead atoms. The van der Waals surface area contributed by atoms with E-state index in [1.165, 1.54) is 7.11 Å². The van der Waals surface area contributed by atoms with Gasteiger partial charge in [0.2, 0.25) is 5.88 Å². The summed E-state index contributed by atoms with van der Waals surface area (Å²) in [6, 6.07) is 2.70. The van der Waals surface area contributed by atoms with Gasteiger partial charge < -0.3 is 4.74 Å². The Hall–Kier alpha value is -1.41. The Morgan fingerprint density at radius 2 is 2.33 bits per heavy atom. The Kier molecular flexibility index (Phi) is 3.81. The van der Waals surface area contributed by atoms with Gasteiger partial charge in [0.25, 0.3) is 6.43 Å². The van der Waals surface area contributed by atoms with Crippen molar-refractivity contribution in [1.82, 2.24) is 4.98 Å². The van der Waals surface area contributed by atoms with Gasteiger partial charge in [-0.25, -0.2) is 13.8 Å². The number of nitrogens with zero attached hydrogens (tertiary/aromatic N) is 2. The fourth-order valence-electron chi connectivity index (χ4n) is 1.12. The zero-order valence-corrected chi connectivity index (χ0v) is 8.55. The van der Waals surface area contributed by atoms with Crippen molar-refractivity contribution >= 4 is 11.6 Å². The summed E-state index contributed by atoms with van der Waals surface area (Å²) >= 11 is 5.52. The van der Waals surface area contributed by atoms with Crippen LogP contribution in [-0.2, 0) is 5.88 Å². The molecule has 0 radical (unpaired) electrons. The number of pyridine rings is 1. The van der Waals surface area contributed by atoms with E-state index < -0.39 is 6.43 Å². The average Bonchev–Trinajstić information content (AvgIpc) is 2.26. The van der Waals surface area contributed by atoms with Crippen LogP contribution in [-0.4, -0.2) is 12.1 Å². The fraction of sp³-hybridized carbons (Fsp3) is 0.333. The van der Waals surface area contributed by atoms with Gasteiger partial charge >= 0.3 is 0 Å². The van der Waals surface area contributed by atoms with Gasteiger partial charge in [-0.05, 0) is 6.07 Å². The highest BCUT2D eigenvalue weighted by Crippen LogP contribution is 2.30. The molecule has 1 aromatic heterocycles. The summed E-state index contributed by atoms with van der Waals surface area (Å²) in [6.07, 6.45) is -2.71.